The predicted molar refractivity (Wildman–Crippen MR) is 283 cm³/mol. The molecule has 0 aliphatic heterocycles. The summed E-state index contributed by atoms with van der Waals surface area (Å²) >= 11 is 0. The van der Waals surface area contributed by atoms with Gasteiger partial charge in [-0.05, 0) is 125 Å². The fraction of sp³-hybridized carbons (Fsp3) is 0.619. The third kappa shape index (κ3) is 16.2. The molecule has 0 heterocycles. The topological polar surface area (TPSA) is 20.2 Å². The van der Waals surface area contributed by atoms with E-state index in [0.717, 1.165) is 19.3 Å². The van der Waals surface area contributed by atoms with Crippen molar-refractivity contribution in [2.45, 2.75) is 252 Å². The average molecular weight is 869 g/mol. The van der Waals surface area contributed by atoms with Crippen molar-refractivity contribution in [3.63, 3.8) is 0 Å². The van der Waals surface area contributed by atoms with Crippen LogP contribution in [0.1, 0.15) is 283 Å². The third-order valence-electron chi connectivity index (χ3n) is 15.7. The zero-order valence-corrected chi connectivity index (χ0v) is 43.0. The Labute approximate surface area is 396 Å². The van der Waals surface area contributed by atoms with Crippen molar-refractivity contribution in [1.82, 2.24) is 0 Å². The van der Waals surface area contributed by atoms with E-state index in [-0.39, 0.29) is 23.7 Å². The Balaban J connectivity index is 1.70. The minimum Gasteiger partial charge on any atom is -0.508 e. The van der Waals surface area contributed by atoms with E-state index in [9.17, 15) is 5.11 Å². The maximum Gasteiger partial charge on any atom is 0.119 e. The molecule has 354 valence electrons. The summed E-state index contributed by atoms with van der Waals surface area (Å²) in [6.07, 6.45) is 31.4. The molecule has 0 amide bonds. The monoisotopic (exact) mass is 869 g/mol. The van der Waals surface area contributed by atoms with Gasteiger partial charge in [0.25, 0.3) is 0 Å². The van der Waals surface area contributed by atoms with Gasteiger partial charge in [0.05, 0.1) is 0 Å². The van der Waals surface area contributed by atoms with Crippen molar-refractivity contribution in [3.05, 3.63) is 135 Å². The normalized spacial score (nSPS) is 14.6. The molecule has 1 nitrogen and oxygen atoms in total. The lowest BCUT2D eigenvalue weighted by molar-refractivity contribution is 0.448. The Morgan fingerprint density at radius 1 is 0.297 bits per heavy atom. The van der Waals surface area contributed by atoms with Crippen LogP contribution in [0.5, 0.6) is 5.75 Å². The molecule has 0 fully saturated rings. The van der Waals surface area contributed by atoms with Crippen LogP contribution in [0.2, 0.25) is 0 Å². The number of rotatable bonds is 33. The minimum absolute atomic E-state index is 0.148. The van der Waals surface area contributed by atoms with Gasteiger partial charge >= 0.3 is 0 Å². The fourth-order valence-corrected chi connectivity index (χ4v) is 11.0. The van der Waals surface area contributed by atoms with Crippen molar-refractivity contribution >= 4 is 0 Å². The molecule has 0 bridgehead atoms. The lowest BCUT2D eigenvalue weighted by Gasteiger charge is -2.35. The van der Waals surface area contributed by atoms with Crippen LogP contribution in [-0.4, -0.2) is 5.11 Å². The summed E-state index contributed by atoms with van der Waals surface area (Å²) in [6, 6.07) is 32.3. The zero-order chi connectivity index (χ0) is 46.1. The van der Waals surface area contributed by atoms with E-state index in [0.29, 0.717) is 17.6 Å². The largest absolute Gasteiger partial charge is 0.508 e. The van der Waals surface area contributed by atoms with Crippen molar-refractivity contribution < 1.29 is 5.11 Å². The van der Waals surface area contributed by atoms with Crippen LogP contribution >= 0.6 is 0 Å². The predicted octanol–water partition coefficient (Wildman–Crippen LogP) is 20.0. The zero-order valence-electron chi connectivity index (χ0n) is 43.0. The molecule has 0 aromatic heterocycles. The summed E-state index contributed by atoms with van der Waals surface area (Å²) in [5, 5.41) is 12.3. The van der Waals surface area contributed by atoms with Crippen LogP contribution in [0.4, 0.5) is 0 Å². The number of unbranched alkanes of at least 4 members (excludes halogenated alkanes) is 18. The molecule has 0 aliphatic carbocycles. The van der Waals surface area contributed by atoms with Crippen LogP contribution < -0.4 is 0 Å². The summed E-state index contributed by atoms with van der Waals surface area (Å²) in [6.45, 7) is 21.7. The van der Waals surface area contributed by atoms with E-state index in [4.69, 9.17) is 0 Å². The van der Waals surface area contributed by atoms with Gasteiger partial charge in [-0.2, -0.15) is 0 Å². The van der Waals surface area contributed by atoms with Crippen LogP contribution in [0.3, 0.4) is 0 Å². The number of aromatic hydroxyl groups is 1. The highest BCUT2D eigenvalue weighted by molar-refractivity contribution is 5.53. The molecular weight excluding hydrogens is 773 g/mol. The molecule has 1 N–H and O–H groups in total. The van der Waals surface area contributed by atoms with Gasteiger partial charge in [0.15, 0.2) is 0 Å². The fourth-order valence-electron chi connectivity index (χ4n) is 11.0. The number of phenols is 1. The molecule has 64 heavy (non-hydrogen) atoms. The average Bonchev–Trinajstić information content (AvgIpc) is 3.32. The van der Waals surface area contributed by atoms with Gasteiger partial charge in [-0.15, -0.1) is 0 Å². The second-order valence-electron chi connectivity index (χ2n) is 20.4. The van der Waals surface area contributed by atoms with Crippen molar-refractivity contribution in [2.75, 3.05) is 0 Å². The van der Waals surface area contributed by atoms with E-state index >= 15 is 0 Å². The summed E-state index contributed by atoms with van der Waals surface area (Å²) in [7, 11) is 0. The van der Waals surface area contributed by atoms with E-state index in [1.165, 1.54) is 185 Å². The standard InChI is InChI=1S/C63H96O/c1-10-13-16-19-22-25-28-37-54-40-31-34-43-57(54)48(4)49(5)60-46-47-61(64)63(53(9)51(7)59-45-36-33-42-56(59)39-30-27-24-21-18-15-12-3)62(60)52(8)50(6)58-44-35-32-41-55(58)38-29-26-23-20-17-14-11-2/h31-36,40-53,64H,10-30,37-39H2,1-9H3. The lowest BCUT2D eigenvalue weighted by atomic mass is 9.70. The van der Waals surface area contributed by atoms with Gasteiger partial charge in [0, 0.05) is 5.56 Å². The number of hydrogen-bond donors (Lipinski definition) is 1. The molecule has 0 saturated heterocycles. The molecule has 0 saturated carbocycles. The molecule has 0 spiro atoms. The number of benzene rings is 4. The van der Waals surface area contributed by atoms with Gasteiger partial charge in [-0.1, -0.05) is 257 Å². The van der Waals surface area contributed by atoms with E-state index in [1.54, 1.807) is 0 Å². The van der Waals surface area contributed by atoms with Gasteiger partial charge in [-0.25, -0.2) is 0 Å². The molecule has 0 radical (unpaired) electrons. The van der Waals surface area contributed by atoms with Crippen LogP contribution in [-0.2, 0) is 19.3 Å². The summed E-state index contributed by atoms with van der Waals surface area (Å²) in [4.78, 5) is 0. The smallest absolute Gasteiger partial charge is 0.119 e. The van der Waals surface area contributed by atoms with Gasteiger partial charge in [0.1, 0.15) is 5.75 Å². The van der Waals surface area contributed by atoms with Gasteiger partial charge in [0.2, 0.25) is 0 Å². The van der Waals surface area contributed by atoms with Crippen molar-refractivity contribution in [3.8, 4) is 5.75 Å². The minimum atomic E-state index is 0.148. The van der Waals surface area contributed by atoms with Crippen molar-refractivity contribution in [1.29, 1.82) is 0 Å². The number of aryl methyl sites for hydroxylation is 3. The molecule has 0 aliphatic rings. The maximum atomic E-state index is 12.3. The van der Waals surface area contributed by atoms with Gasteiger partial charge < -0.3 is 5.11 Å². The highest BCUT2D eigenvalue weighted by atomic mass is 16.3. The van der Waals surface area contributed by atoms with Crippen molar-refractivity contribution in [2.24, 2.45) is 0 Å². The highest BCUT2D eigenvalue weighted by Crippen LogP contribution is 2.50. The molecule has 6 atom stereocenters. The maximum absolute atomic E-state index is 12.3. The third-order valence-corrected chi connectivity index (χ3v) is 15.7. The first-order valence-corrected chi connectivity index (χ1v) is 27.2. The van der Waals surface area contributed by atoms with E-state index < -0.39 is 0 Å². The number of phenolic OH excluding ortho intramolecular Hbond substituents is 1. The van der Waals surface area contributed by atoms with E-state index in [2.05, 4.69) is 147 Å². The molecule has 6 unspecified atom stereocenters. The summed E-state index contributed by atoms with van der Waals surface area (Å²) < 4.78 is 0. The number of hydrogen-bond acceptors (Lipinski definition) is 1. The first kappa shape index (κ1) is 53.3. The Bertz CT molecular complexity index is 1850. The molecule has 4 rings (SSSR count). The second-order valence-corrected chi connectivity index (χ2v) is 20.4. The lowest BCUT2D eigenvalue weighted by Crippen LogP contribution is -2.19. The molecule has 4 aromatic rings. The quantitative estimate of drug-likeness (QED) is 0.0473. The molecular formula is C63H96O. The SMILES string of the molecule is CCCCCCCCCc1ccccc1C(C)C(C)c1ccc(O)c(C(C)C(C)c2ccccc2CCCCCCCCC)c1C(C)C(C)c1ccccc1CCCCCCCCC. The first-order chi connectivity index (χ1) is 31.2. The second kappa shape index (κ2) is 30.1. The Morgan fingerprint density at radius 2 is 0.578 bits per heavy atom. The Morgan fingerprint density at radius 3 is 0.938 bits per heavy atom. The highest BCUT2D eigenvalue weighted by Gasteiger charge is 2.33. The van der Waals surface area contributed by atoms with Gasteiger partial charge in [-0.3, -0.25) is 0 Å². The first-order valence-electron chi connectivity index (χ1n) is 27.2. The summed E-state index contributed by atoms with van der Waals surface area (Å²) in [5.74, 6) is 2.05. The van der Waals surface area contributed by atoms with E-state index in [1.807, 2.05) is 0 Å². The van der Waals surface area contributed by atoms with Crippen LogP contribution in [0.25, 0.3) is 0 Å². The van der Waals surface area contributed by atoms with Crippen LogP contribution in [0.15, 0.2) is 84.9 Å². The van der Waals surface area contributed by atoms with Crippen LogP contribution in [0, 0.1) is 0 Å². The molecule has 1 heteroatoms. The molecule has 4 aromatic carbocycles. The Hall–Kier alpha value is -3.32. The summed E-state index contributed by atoms with van der Waals surface area (Å²) in [5.41, 5.74) is 13.0. The Kier molecular flexibility index (Phi) is 25.0.